The minimum absolute atomic E-state index is 0.324. The lowest BCUT2D eigenvalue weighted by molar-refractivity contribution is -0.138. The van der Waals surface area contributed by atoms with E-state index in [-0.39, 0.29) is 17.4 Å². The van der Waals surface area contributed by atoms with E-state index in [2.05, 4.69) is 121 Å². The van der Waals surface area contributed by atoms with E-state index in [1.165, 1.54) is 67.1 Å². The Morgan fingerprint density at radius 1 is 0.510 bits per heavy atom. The summed E-state index contributed by atoms with van der Waals surface area (Å²) in [6.07, 6.45) is 9.26. The first kappa shape index (κ1) is 33.7. The molecule has 1 aliphatic carbocycles. The van der Waals surface area contributed by atoms with Crippen LogP contribution in [-0.2, 0) is 24.5 Å². The third kappa shape index (κ3) is 7.00. The van der Waals surface area contributed by atoms with Crippen molar-refractivity contribution in [3.8, 4) is 33.4 Å². The zero-order chi connectivity index (χ0) is 35.2. The quantitative estimate of drug-likeness (QED) is 0.0739. The van der Waals surface area contributed by atoms with Gasteiger partial charge in [0.05, 0.1) is 13.2 Å². The molecule has 0 spiro atoms. The lowest BCUT2D eigenvalue weighted by Crippen LogP contribution is -2.27. The molecule has 0 aromatic heterocycles. The summed E-state index contributed by atoms with van der Waals surface area (Å²) in [4.78, 5) is 24.4. The molecule has 0 N–H and O–H groups in total. The fraction of sp³-hybridized carbons (Fsp3) is 0.191. The molecule has 0 atom stereocenters. The molecule has 6 aromatic rings. The Bertz CT molecular complexity index is 2130. The van der Waals surface area contributed by atoms with Crippen molar-refractivity contribution in [3.63, 3.8) is 0 Å². The molecular weight excluding hydrogens is 629 g/mol. The van der Waals surface area contributed by atoms with Crippen molar-refractivity contribution in [2.24, 2.45) is 0 Å². The molecule has 0 heterocycles. The van der Waals surface area contributed by atoms with E-state index < -0.39 is 0 Å². The molecule has 0 saturated carbocycles. The van der Waals surface area contributed by atoms with Gasteiger partial charge in [0.25, 0.3) is 0 Å². The minimum Gasteiger partial charge on any atom is -0.463 e. The number of rotatable bonds is 12. The van der Waals surface area contributed by atoms with E-state index in [4.69, 9.17) is 9.47 Å². The summed E-state index contributed by atoms with van der Waals surface area (Å²) in [7, 11) is 0. The van der Waals surface area contributed by atoms with Crippen LogP contribution in [0.5, 0.6) is 0 Å². The summed E-state index contributed by atoms with van der Waals surface area (Å²) in [6.45, 7) is 4.28. The first-order valence-corrected chi connectivity index (χ1v) is 17.9. The first-order chi connectivity index (χ1) is 25.0. The topological polar surface area (TPSA) is 52.6 Å². The average Bonchev–Trinajstić information content (AvgIpc) is 3.43. The SMILES string of the molecule is CC=CC(=O)OCCCC1(CCCOC(=O)C=CC)c2ccc(-c3ccc4ccccc4c3)cc2-c2cc(-c3ccc4ccccc4c3)ccc21. The van der Waals surface area contributed by atoms with Gasteiger partial charge in [0.1, 0.15) is 0 Å². The zero-order valence-electron chi connectivity index (χ0n) is 29.2. The second-order valence-electron chi connectivity index (χ2n) is 13.3. The molecule has 4 heteroatoms. The summed E-state index contributed by atoms with van der Waals surface area (Å²) >= 11 is 0. The van der Waals surface area contributed by atoms with Gasteiger partial charge in [0.15, 0.2) is 0 Å². The number of esters is 2. The van der Waals surface area contributed by atoms with Crippen LogP contribution in [0.3, 0.4) is 0 Å². The van der Waals surface area contributed by atoms with E-state index in [0.717, 1.165) is 24.0 Å². The monoisotopic (exact) mass is 670 g/mol. The lowest BCUT2D eigenvalue weighted by atomic mass is 9.71. The largest absolute Gasteiger partial charge is 0.463 e. The Balaban J connectivity index is 1.33. The molecule has 0 amide bonds. The lowest BCUT2D eigenvalue weighted by Gasteiger charge is -2.33. The molecule has 4 nitrogen and oxygen atoms in total. The Hall–Kier alpha value is -5.74. The molecule has 1 aliphatic rings. The van der Waals surface area contributed by atoms with Crippen LogP contribution in [-0.4, -0.2) is 25.2 Å². The molecule has 0 bridgehead atoms. The summed E-state index contributed by atoms with van der Waals surface area (Å²) < 4.78 is 11.1. The Labute approximate surface area is 300 Å². The van der Waals surface area contributed by atoms with Gasteiger partial charge in [-0.2, -0.15) is 0 Å². The molecule has 51 heavy (non-hydrogen) atoms. The van der Waals surface area contributed by atoms with Crippen LogP contribution in [0.15, 0.2) is 146 Å². The highest BCUT2D eigenvalue weighted by atomic mass is 16.5. The van der Waals surface area contributed by atoms with Gasteiger partial charge in [-0.15, -0.1) is 0 Å². The molecule has 0 aliphatic heterocycles. The Kier molecular flexibility index (Phi) is 9.94. The summed E-state index contributed by atoms with van der Waals surface area (Å²) in [5.74, 6) is -0.649. The van der Waals surface area contributed by atoms with Crippen LogP contribution in [0.25, 0.3) is 54.9 Å². The van der Waals surface area contributed by atoms with Crippen molar-refractivity contribution in [2.45, 2.75) is 44.9 Å². The van der Waals surface area contributed by atoms with Gasteiger partial charge >= 0.3 is 11.9 Å². The van der Waals surface area contributed by atoms with E-state index in [1.54, 1.807) is 12.2 Å². The standard InChI is InChI=1S/C47H42O4/c1-3-11-45(48)50-27-9-25-47(26-10-28-51-46(49)12-4-2)43-23-21-39(37-19-17-33-13-5-7-15-35(33)29-37)31-41(43)42-32-40(22-24-44(42)47)38-20-18-34-14-6-8-16-36(34)30-38/h3-8,11-24,29-32H,9-10,25-28H2,1-2H3. The Morgan fingerprint density at radius 2 is 0.902 bits per heavy atom. The van der Waals surface area contributed by atoms with E-state index >= 15 is 0 Å². The number of allylic oxidation sites excluding steroid dienone is 2. The third-order valence-electron chi connectivity index (χ3n) is 10.1. The number of benzene rings is 6. The number of fused-ring (bicyclic) bond motifs is 5. The average molecular weight is 671 g/mol. The predicted octanol–water partition coefficient (Wildman–Crippen LogP) is 11.4. The number of carbonyl (C=O) groups is 2. The van der Waals surface area contributed by atoms with Crippen molar-refractivity contribution in [1.82, 2.24) is 0 Å². The van der Waals surface area contributed by atoms with Crippen LogP contribution in [0.2, 0.25) is 0 Å². The van der Waals surface area contributed by atoms with Crippen LogP contribution >= 0.6 is 0 Å². The van der Waals surface area contributed by atoms with Gasteiger partial charge in [-0.1, -0.05) is 109 Å². The molecule has 0 radical (unpaired) electrons. The maximum atomic E-state index is 12.2. The summed E-state index contributed by atoms with van der Waals surface area (Å²) in [6, 6.07) is 44.0. The predicted molar refractivity (Wildman–Crippen MR) is 209 cm³/mol. The summed E-state index contributed by atoms with van der Waals surface area (Å²) in [5, 5.41) is 4.86. The van der Waals surface area contributed by atoms with Crippen molar-refractivity contribution in [3.05, 3.63) is 157 Å². The van der Waals surface area contributed by atoms with Gasteiger partial charge in [0.2, 0.25) is 0 Å². The Morgan fingerprint density at radius 3 is 1.33 bits per heavy atom. The zero-order valence-corrected chi connectivity index (χ0v) is 29.2. The van der Waals surface area contributed by atoms with Gasteiger partial charge in [-0.05, 0) is 130 Å². The fourth-order valence-corrected chi connectivity index (χ4v) is 7.74. The molecule has 6 aromatic carbocycles. The van der Waals surface area contributed by atoms with Gasteiger partial charge in [-0.3, -0.25) is 0 Å². The first-order valence-electron chi connectivity index (χ1n) is 17.9. The molecule has 0 unspecified atom stereocenters. The van der Waals surface area contributed by atoms with Crippen molar-refractivity contribution in [2.75, 3.05) is 13.2 Å². The van der Waals surface area contributed by atoms with E-state index in [9.17, 15) is 9.59 Å². The number of carbonyl (C=O) groups excluding carboxylic acids is 2. The normalized spacial score (nSPS) is 13.1. The van der Waals surface area contributed by atoms with Crippen LogP contribution in [0.1, 0.15) is 50.7 Å². The maximum Gasteiger partial charge on any atom is 0.330 e. The van der Waals surface area contributed by atoms with E-state index in [0.29, 0.717) is 26.1 Å². The smallest absolute Gasteiger partial charge is 0.330 e. The molecule has 7 rings (SSSR count). The van der Waals surface area contributed by atoms with Gasteiger partial charge in [0, 0.05) is 17.6 Å². The van der Waals surface area contributed by atoms with E-state index in [1.807, 2.05) is 13.8 Å². The second-order valence-corrected chi connectivity index (χ2v) is 13.3. The maximum absolute atomic E-state index is 12.2. The number of ether oxygens (including phenoxy) is 2. The minimum atomic E-state index is -0.353. The highest BCUT2D eigenvalue weighted by molar-refractivity contribution is 5.92. The summed E-state index contributed by atoms with van der Waals surface area (Å²) in [5.41, 5.74) is 9.28. The van der Waals surface area contributed by atoms with Crippen LogP contribution < -0.4 is 0 Å². The molecule has 254 valence electrons. The van der Waals surface area contributed by atoms with Gasteiger partial charge < -0.3 is 9.47 Å². The molecular formula is C47H42O4. The van der Waals surface area contributed by atoms with Crippen LogP contribution in [0, 0.1) is 0 Å². The second kappa shape index (κ2) is 15.0. The van der Waals surface area contributed by atoms with Crippen molar-refractivity contribution >= 4 is 33.5 Å². The van der Waals surface area contributed by atoms with Crippen molar-refractivity contribution in [1.29, 1.82) is 0 Å². The number of hydrogen-bond acceptors (Lipinski definition) is 4. The molecule has 0 saturated heterocycles. The van der Waals surface area contributed by atoms with Gasteiger partial charge in [-0.25, -0.2) is 9.59 Å². The third-order valence-corrected chi connectivity index (χ3v) is 10.1. The number of hydrogen-bond donors (Lipinski definition) is 0. The highest BCUT2D eigenvalue weighted by Gasteiger charge is 2.42. The fourth-order valence-electron chi connectivity index (χ4n) is 7.74. The van der Waals surface area contributed by atoms with Crippen molar-refractivity contribution < 1.29 is 19.1 Å². The highest BCUT2D eigenvalue weighted by Crippen LogP contribution is 2.55. The molecule has 0 fully saturated rings. The van der Waals surface area contributed by atoms with Crippen LogP contribution in [0.4, 0.5) is 0 Å².